The summed E-state index contributed by atoms with van der Waals surface area (Å²) in [6, 6.07) is 7.31. The molecule has 1 aromatic carbocycles. The standard InChI is InChI=1S/C15H14F2N2O/c1-11-5-8-19(9-6-11)10-7-14(20)18-15-12(16)3-2-4-13(15)17/h2-6,8-9H,7,10H2,1H3/p+1. The van der Waals surface area contributed by atoms with Crippen molar-refractivity contribution in [1.82, 2.24) is 0 Å². The van der Waals surface area contributed by atoms with Crippen LogP contribution in [0.15, 0.2) is 42.7 Å². The van der Waals surface area contributed by atoms with Gasteiger partial charge in [-0.15, -0.1) is 0 Å². The minimum Gasteiger partial charge on any atom is -0.321 e. The normalized spacial score (nSPS) is 10.3. The molecule has 104 valence electrons. The Balaban J connectivity index is 1.94. The highest BCUT2D eigenvalue weighted by atomic mass is 19.1. The van der Waals surface area contributed by atoms with Crippen LogP contribution in [0.5, 0.6) is 0 Å². The summed E-state index contributed by atoms with van der Waals surface area (Å²) in [4.78, 5) is 11.7. The van der Waals surface area contributed by atoms with Crippen molar-refractivity contribution in [3.63, 3.8) is 0 Å². The molecule has 0 aliphatic rings. The summed E-state index contributed by atoms with van der Waals surface area (Å²) >= 11 is 0. The number of nitrogens with one attached hydrogen (secondary N) is 1. The van der Waals surface area contributed by atoms with E-state index in [1.54, 1.807) is 0 Å². The third-order valence-corrected chi connectivity index (χ3v) is 2.88. The zero-order chi connectivity index (χ0) is 14.5. The van der Waals surface area contributed by atoms with Crippen LogP contribution in [0.3, 0.4) is 0 Å². The van der Waals surface area contributed by atoms with Gasteiger partial charge < -0.3 is 5.32 Å². The smallest absolute Gasteiger partial charge is 0.230 e. The number of aryl methyl sites for hydroxylation is 2. The summed E-state index contributed by atoms with van der Waals surface area (Å²) < 4.78 is 28.6. The Morgan fingerprint density at radius 2 is 1.75 bits per heavy atom. The number of nitrogens with zero attached hydrogens (tertiary/aromatic N) is 1. The predicted molar refractivity (Wildman–Crippen MR) is 71.0 cm³/mol. The fraction of sp³-hybridized carbons (Fsp3) is 0.200. The predicted octanol–water partition coefficient (Wildman–Crippen LogP) is 2.59. The summed E-state index contributed by atoms with van der Waals surface area (Å²) in [5.74, 6) is -1.98. The van der Waals surface area contributed by atoms with E-state index < -0.39 is 23.2 Å². The monoisotopic (exact) mass is 277 g/mol. The molecule has 0 aliphatic heterocycles. The molecule has 2 aromatic rings. The first kappa shape index (κ1) is 14.1. The third kappa shape index (κ3) is 3.60. The van der Waals surface area contributed by atoms with Crippen LogP contribution in [0, 0.1) is 18.6 Å². The van der Waals surface area contributed by atoms with Crippen molar-refractivity contribution >= 4 is 11.6 Å². The third-order valence-electron chi connectivity index (χ3n) is 2.88. The lowest BCUT2D eigenvalue weighted by molar-refractivity contribution is -0.695. The number of rotatable bonds is 4. The zero-order valence-corrected chi connectivity index (χ0v) is 11.1. The second kappa shape index (κ2) is 6.23. The number of amides is 1. The summed E-state index contributed by atoms with van der Waals surface area (Å²) in [6.07, 6.45) is 3.85. The molecule has 0 saturated carbocycles. The van der Waals surface area contributed by atoms with Gasteiger partial charge in [-0.25, -0.2) is 13.3 Å². The van der Waals surface area contributed by atoms with Crippen molar-refractivity contribution in [3.8, 4) is 0 Å². The Bertz CT molecular complexity index is 592. The molecule has 0 fully saturated rings. The Morgan fingerprint density at radius 3 is 2.35 bits per heavy atom. The van der Waals surface area contributed by atoms with Crippen molar-refractivity contribution in [2.24, 2.45) is 0 Å². The molecular formula is C15H15F2N2O+. The van der Waals surface area contributed by atoms with Gasteiger partial charge in [0.2, 0.25) is 5.91 Å². The number of hydrogen-bond acceptors (Lipinski definition) is 1. The topological polar surface area (TPSA) is 33.0 Å². The quantitative estimate of drug-likeness (QED) is 0.856. The molecule has 0 bridgehead atoms. The van der Waals surface area contributed by atoms with Gasteiger partial charge in [0.25, 0.3) is 0 Å². The first-order valence-electron chi connectivity index (χ1n) is 6.26. The van der Waals surface area contributed by atoms with E-state index >= 15 is 0 Å². The van der Waals surface area contributed by atoms with E-state index in [9.17, 15) is 13.6 Å². The Morgan fingerprint density at radius 1 is 1.15 bits per heavy atom. The van der Waals surface area contributed by atoms with Crippen LogP contribution in [-0.4, -0.2) is 5.91 Å². The number of carbonyl (C=O) groups excluding carboxylic acids is 1. The molecule has 0 saturated heterocycles. The first-order chi connectivity index (χ1) is 9.56. The SMILES string of the molecule is Cc1cc[n+](CCC(=O)Nc2c(F)cccc2F)cc1. The van der Waals surface area contributed by atoms with Crippen LogP contribution in [0.2, 0.25) is 0 Å². The summed E-state index contributed by atoms with van der Waals surface area (Å²) in [5.41, 5.74) is 0.727. The first-order valence-corrected chi connectivity index (χ1v) is 6.26. The molecule has 0 atom stereocenters. The van der Waals surface area contributed by atoms with Gasteiger partial charge in [0, 0.05) is 12.1 Å². The lowest BCUT2D eigenvalue weighted by atomic mass is 10.2. The molecule has 0 radical (unpaired) electrons. The van der Waals surface area contributed by atoms with Gasteiger partial charge in [-0.1, -0.05) is 6.07 Å². The van der Waals surface area contributed by atoms with Crippen LogP contribution in [-0.2, 0) is 11.3 Å². The largest absolute Gasteiger partial charge is 0.321 e. The second-order valence-electron chi connectivity index (χ2n) is 4.51. The molecule has 1 aromatic heterocycles. The van der Waals surface area contributed by atoms with Gasteiger partial charge in [-0.3, -0.25) is 4.79 Å². The van der Waals surface area contributed by atoms with Crippen LogP contribution < -0.4 is 9.88 Å². The number of carbonyl (C=O) groups is 1. The molecule has 3 nitrogen and oxygen atoms in total. The van der Waals surface area contributed by atoms with Crippen LogP contribution in [0.1, 0.15) is 12.0 Å². The number of pyridine rings is 1. The molecule has 5 heteroatoms. The minimum absolute atomic E-state index is 0.140. The molecule has 0 unspecified atom stereocenters. The van der Waals surface area contributed by atoms with Crippen molar-refractivity contribution < 1.29 is 18.1 Å². The number of halogens is 2. The van der Waals surface area contributed by atoms with Gasteiger partial charge in [-0.05, 0) is 24.6 Å². The van der Waals surface area contributed by atoms with Crippen LogP contribution in [0.4, 0.5) is 14.5 Å². The van der Waals surface area contributed by atoms with Crippen LogP contribution >= 0.6 is 0 Å². The Kier molecular flexibility index (Phi) is 4.40. The maximum atomic E-state index is 13.4. The van der Waals surface area contributed by atoms with Crippen molar-refractivity contribution in [2.45, 2.75) is 19.9 Å². The number of hydrogen-bond donors (Lipinski definition) is 1. The van der Waals surface area contributed by atoms with Gasteiger partial charge in [0.15, 0.2) is 18.9 Å². The van der Waals surface area contributed by atoms with E-state index in [1.807, 2.05) is 36.0 Å². The molecular weight excluding hydrogens is 262 g/mol. The second-order valence-corrected chi connectivity index (χ2v) is 4.51. The Hall–Kier alpha value is -2.30. The lowest BCUT2D eigenvalue weighted by Gasteiger charge is -2.06. The highest BCUT2D eigenvalue weighted by Crippen LogP contribution is 2.17. The fourth-order valence-corrected chi connectivity index (χ4v) is 1.73. The Labute approximate surface area is 115 Å². The van der Waals surface area contributed by atoms with E-state index in [0.29, 0.717) is 6.54 Å². The van der Waals surface area contributed by atoms with E-state index in [2.05, 4.69) is 5.32 Å². The van der Waals surface area contributed by atoms with Gasteiger partial charge >= 0.3 is 0 Å². The van der Waals surface area contributed by atoms with Gasteiger partial charge in [0.1, 0.15) is 17.3 Å². The molecule has 0 spiro atoms. The molecule has 1 heterocycles. The molecule has 0 aliphatic carbocycles. The molecule has 1 amide bonds. The fourth-order valence-electron chi connectivity index (χ4n) is 1.73. The average Bonchev–Trinajstić information content (AvgIpc) is 2.42. The average molecular weight is 277 g/mol. The summed E-state index contributed by atoms with van der Waals surface area (Å²) in [7, 11) is 0. The zero-order valence-electron chi connectivity index (χ0n) is 11.1. The van der Waals surface area contributed by atoms with Crippen molar-refractivity contribution in [2.75, 3.05) is 5.32 Å². The van der Waals surface area contributed by atoms with E-state index in [1.165, 1.54) is 6.07 Å². The highest BCUT2D eigenvalue weighted by molar-refractivity contribution is 5.90. The van der Waals surface area contributed by atoms with E-state index in [4.69, 9.17) is 0 Å². The highest BCUT2D eigenvalue weighted by Gasteiger charge is 2.13. The summed E-state index contributed by atoms with van der Waals surface area (Å²) in [5, 5.41) is 2.26. The summed E-state index contributed by atoms with van der Waals surface area (Å²) in [6.45, 7) is 2.42. The van der Waals surface area contributed by atoms with E-state index in [0.717, 1.165) is 17.7 Å². The number of para-hydroxylation sites is 1. The number of benzene rings is 1. The van der Waals surface area contributed by atoms with Crippen molar-refractivity contribution in [1.29, 1.82) is 0 Å². The molecule has 20 heavy (non-hydrogen) atoms. The maximum Gasteiger partial charge on any atom is 0.230 e. The maximum absolute atomic E-state index is 13.4. The van der Waals surface area contributed by atoms with Crippen molar-refractivity contribution in [3.05, 3.63) is 59.9 Å². The molecule has 2 rings (SSSR count). The molecule has 1 N–H and O–H groups in total. The number of anilines is 1. The van der Waals surface area contributed by atoms with Gasteiger partial charge in [0.05, 0.1) is 6.42 Å². The minimum atomic E-state index is -0.777. The van der Waals surface area contributed by atoms with E-state index in [-0.39, 0.29) is 6.42 Å². The van der Waals surface area contributed by atoms with Crippen LogP contribution in [0.25, 0.3) is 0 Å². The van der Waals surface area contributed by atoms with Gasteiger partial charge in [-0.2, -0.15) is 0 Å². The number of aromatic nitrogens is 1. The lowest BCUT2D eigenvalue weighted by Crippen LogP contribution is -2.34.